The molecular formula is C10H13N3. The van der Waals surface area contributed by atoms with Crippen molar-refractivity contribution < 1.29 is 0 Å². The lowest BCUT2D eigenvalue weighted by atomic mass is 10.0. The Morgan fingerprint density at radius 3 is 2.69 bits per heavy atom. The molecule has 0 heterocycles. The average molecular weight is 175 g/mol. The molecule has 1 atom stereocenters. The van der Waals surface area contributed by atoms with Crippen molar-refractivity contribution in [2.24, 2.45) is 5.73 Å². The first-order valence-electron chi connectivity index (χ1n) is 4.24. The van der Waals surface area contributed by atoms with Gasteiger partial charge < -0.3 is 11.5 Å². The predicted octanol–water partition coefficient (Wildman–Crippen LogP) is 1.55. The van der Waals surface area contributed by atoms with Crippen molar-refractivity contribution >= 4 is 5.69 Å². The van der Waals surface area contributed by atoms with E-state index in [0.29, 0.717) is 11.3 Å². The molecule has 0 saturated carbocycles. The Morgan fingerprint density at radius 1 is 1.54 bits per heavy atom. The first kappa shape index (κ1) is 9.56. The molecule has 0 amide bonds. The van der Waals surface area contributed by atoms with Crippen LogP contribution < -0.4 is 11.5 Å². The number of anilines is 1. The summed E-state index contributed by atoms with van der Waals surface area (Å²) in [6.07, 6.45) is 0.843. The molecule has 68 valence electrons. The van der Waals surface area contributed by atoms with Gasteiger partial charge in [0, 0.05) is 11.7 Å². The molecule has 0 unspecified atom stereocenters. The van der Waals surface area contributed by atoms with E-state index in [-0.39, 0.29) is 6.04 Å². The second-order valence-electron chi connectivity index (χ2n) is 2.97. The third kappa shape index (κ3) is 1.98. The largest absolute Gasteiger partial charge is 0.398 e. The summed E-state index contributed by atoms with van der Waals surface area (Å²) in [6.45, 7) is 2.00. The van der Waals surface area contributed by atoms with Crippen LogP contribution in [0.25, 0.3) is 0 Å². The lowest BCUT2D eigenvalue weighted by Crippen LogP contribution is -2.11. The minimum absolute atomic E-state index is 0.0345. The summed E-state index contributed by atoms with van der Waals surface area (Å²) >= 11 is 0. The van der Waals surface area contributed by atoms with Gasteiger partial charge in [0.2, 0.25) is 0 Å². The lowest BCUT2D eigenvalue weighted by molar-refractivity contribution is 0.701. The van der Waals surface area contributed by atoms with Gasteiger partial charge in [0.1, 0.15) is 0 Å². The monoisotopic (exact) mass is 175 g/mol. The van der Waals surface area contributed by atoms with Crippen molar-refractivity contribution in [3.8, 4) is 6.07 Å². The number of nitrogens with two attached hydrogens (primary N) is 2. The minimum atomic E-state index is -0.0345. The normalized spacial score (nSPS) is 12.1. The molecule has 3 heteroatoms. The van der Waals surface area contributed by atoms with Crippen LogP contribution in [-0.2, 0) is 0 Å². The number of nitriles is 1. The number of hydrogen-bond donors (Lipinski definition) is 2. The van der Waals surface area contributed by atoms with Crippen LogP contribution in [0.5, 0.6) is 0 Å². The molecule has 4 N–H and O–H groups in total. The zero-order valence-corrected chi connectivity index (χ0v) is 7.62. The standard InChI is InChI=1S/C10H13N3/c1-2-9(12)8-4-3-7(6-11)5-10(8)13/h3-5,9H,2,12-13H2,1H3/t9-/m1/s1. The quantitative estimate of drug-likeness (QED) is 0.669. The molecule has 0 aliphatic carbocycles. The Hall–Kier alpha value is -1.53. The van der Waals surface area contributed by atoms with Gasteiger partial charge >= 0.3 is 0 Å². The van der Waals surface area contributed by atoms with Gasteiger partial charge in [-0.25, -0.2) is 0 Å². The molecule has 0 bridgehead atoms. The highest BCUT2D eigenvalue weighted by Crippen LogP contribution is 2.21. The average Bonchev–Trinajstić information content (AvgIpc) is 2.16. The topological polar surface area (TPSA) is 75.8 Å². The van der Waals surface area contributed by atoms with Crippen molar-refractivity contribution in [1.29, 1.82) is 5.26 Å². The second kappa shape index (κ2) is 3.92. The maximum atomic E-state index is 8.61. The van der Waals surface area contributed by atoms with Crippen molar-refractivity contribution in [3.05, 3.63) is 29.3 Å². The van der Waals surface area contributed by atoms with Crippen molar-refractivity contribution in [1.82, 2.24) is 0 Å². The summed E-state index contributed by atoms with van der Waals surface area (Å²) in [7, 11) is 0. The molecule has 0 aromatic heterocycles. The van der Waals surface area contributed by atoms with E-state index in [1.54, 1.807) is 12.1 Å². The van der Waals surface area contributed by atoms with Crippen LogP contribution >= 0.6 is 0 Å². The van der Waals surface area contributed by atoms with Gasteiger partial charge in [0.25, 0.3) is 0 Å². The maximum absolute atomic E-state index is 8.61. The van der Waals surface area contributed by atoms with Crippen LogP contribution in [0.15, 0.2) is 18.2 Å². The number of nitrogens with zero attached hydrogens (tertiary/aromatic N) is 1. The zero-order chi connectivity index (χ0) is 9.84. The third-order valence-corrected chi connectivity index (χ3v) is 2.06. The van der Waals surface area contributed by atoms with Crippen LogP contribution in [0.2, 0.25) is 0 Å². The Balaban J connectivity index is 3.07. The van der Waals surface area contributed by atoms with Crippen molar-refractivity contribution in [2.75, 3.05) is 5.73 Å². The molecule has 0 spiro atoms. The highest BCUT2D eigenvalue weighted by molar-refractivity contribution is 5.53. The number of hydrogen-bond acceptors (Lipinski definition) is 3. The highest BCUT2D eigenvalue weighted by Gasteiger charge is 2.07. The van der Waals surface area contributed by atoms with Gasteiger partial charge in [-0.05, 0) is 24.1 Å². The van der Waals surface area contributed by atoms with Crippen LogP contribution in [0.4, 0.5) is 5.69 Å². The summed E-state index contributed by atoms with van der Waals surface area (Å²) in [6, 6.07) is 7.21. The van der Waals surface area contributed by atoms with Gasteiger partial charge in [-0.2, -0.15) is 5.26 Å². The Bertz CT molecular complexity index is 339. The van der Waals surface area contributed by atoms with E-state index in [4.69, 9.17) is 16.7 Å². The van der Waals surface area contributed by atoms with Gasteiger partial charge in [-0.1, -0.05) is 13.0 Å². The summed E-state index contributed by atoms with van der Waals surface area (Å²) in [5.74, 6) is 0. The molecule has 1 rings (SSSR count). The molecule has 1 aromatic carbocycles. The van der Waals surface area contributed by atoms with Gasteiger partial charge in [-0.15, -0.1) is 0 Å². The Kier molecular flexibility index (Phi) is 2.88. The minimum Gasteiger partial charge on any atom is -0.398 e. The molecule has 0 radical (unpaired) electrons. The smallest absolute Gasteiger partial charge is 0.0992 e. The number of benzene rings is 1. The first-order chi connectivity index (χ1) is 6.19. The van der Waals surface area contributed by atoms with E-state index < -0.39 is 0 Å². The van der Waals surface area contributed by atoms with Crippen LogP contribution in [0.1, 0.15) is 30.5 Å². The summed E-state index contributed by atoms with van der Waals surface area (Å²) < 4.78 is 0. The summed E-state index contributed by atoms with van der Waals surface area (Å²) in [5, 5.41) is 8.61. The van der Waals surface area contributed by atoms with Crippen LogP contribution in [-0.4, -0.2) is 0 Å². The molecular weight excluding hydrogens is 162 g/mol. The van der Waals surface area contributed by atoms with Crippen LogP contribution in [0, 0.1) is 11.3 Å². The molecule has 0 fully saturated rings. The van der Waals surface area contributed by atoms with Crippen molar-refractivity contribution in [2.45, 2.75) is 19.4 Å². The fourth-order valence-electron chi connectivity index (χ4n) is 1.20. The van der Waals surface area contributed by atoms with Gasteiger partial charge in [0.15, 0.2) is 0 Å². The van der Waals surface area contributed by atoms with E-state index in [1.807, 2.05) is 19.1 Å². The van der Waals surface area contributed by atoms with Crippen molar-refractivity contribution in [3.63, 3.8) is 0 Å². The fraction of sp³-hybridized carbons (Fsp3) is 0.300. The fourth-order valence-corrected chi connectivity index (χ4v) is 1.20. The summed E-state index contributed by atoms with van der Waals surface area (Å²) in [4.78, 5) is 0. The molecule has 0 aliphatic rings. The molecule has 0 aliphatic heterocycles. The van der Waals surface area contributed by atoms with Gasteiger partial charge in [0.05, 0.1) is 11.6 Å². The third-order valence-electron chi connectivity index (χ3n) is 2.06. The molecule has 0 saturated heterocycles. The summed E-state index contributed by atoms with van der Waals surface area (Å²) in [5.41, 5.74) is 13.7. The van der Waals surface area contributed by atoms with E-state index in [0.717, 1.165) is 12.0 Å². The number of nitrogen functional groups attached to an aromatic ring is 1. The van der Waals surface area contributed by atoms with E-state index in [9.17, 15) is 0 Å². The molecule has 3 nitrogen and oxygen atoms in total. The zero-order valence-electron chi connectivity index (χ0n) is 7.62. The van der Waals surface area contributed by atoms with Crippen LogP contribution in [0.3, 0.4) is 0 Å². The SMILES string of the molecule is CC[C@@H](N)c1ccc(C#N)cc1N. The first-order valence-corrected chi connectivity index (χ1v) is 4.24. The Morgan fingerprint density at radius 2 is 2.23 bits per heavy atom. The molecule has 13 heavy (non-hydrogen) atoms. The predicted molar refractivity (Wildman–Crippen MR) is 52.8 cm³/mol. The van der Waals surface area contributed by atoms with E-state index in [2.05, 4.69) is 0 Å². The molecule has 1 aromatic rings. The van der Waals surface area contributed by atoms with E-state index >= 15 is 0 Å². The second-order valence-corrected chi connectivity index (χ2v) is 2.97. The highest BCUT2D eigenvalue weighted by atomic mass is 14.7. The van der Waals surface area contributed by atoms with E-state index in [1.165, 1.54) is 0 Å². The Labute approximate surface area is 78.0 Å². The maximum Gasteiger partial charge on any atom is 0.0992 e. The van der Waals surface area contributed by atoms with Gasteiger partial charge in [-0.3, -0.25) is 0 Å². The number of rotatable bonds is 2. The lowest BCUT2D eigenvalue weighted by Gasteiger charge is -2.11.